The van der Waals surface area contributed by atoms with Crippen molar-refractivity contribution < 1.29 is 24.0 Å². The minimum Gasteiger partial charge on any atom is -0.333 e. The van der Waals surface area contributed by atoms with Crippen LogP contribution in [0.3, 0.4) is 0 Å². The fourth-order valence-corrected chi connectivity index (χ4v) is 3.72. The van der Waals surface area contributed by atoms with Crippen LogP contribution in [0.15, 0.2) is 12.4 Å². The van der Waals surface area contributed by atoms with E-state index in [2.05, 4.69) is 19.7 Å². The molecular formula is C25H47FN2O4. The van der Waals surface area contributed by atoms with Gasteiger partial charge in [-0.2, -0.15) is 0 Å². The molecule has 1 saturated carbocycles. The van der Waals surface area contributed by atoms with Crippen molar-refractivity contribution in [3.8, 4) is 0 Å². The minimum atomic E-state index is -0.113. The van der Waals surface area contributed by atoms with Gasteiger partial charge in [-0.25, -0.2) is 10.3 Å². The number of nitrogens with zero attached hydrogens (tertiary/aromatic N) is 1. The molecule has 188 valence electrons. The fraction of sp³-hybridized carbons (Fsp3) is 0.800. The molecule has 32 heavy (non-hydrogen) atoms. The van der Waals surface area contributed by atoms with E-state index in [9.17, 15) is 18.8 Å². The molecule has 0 aromatic heterocycles. The van der Waals surface area contributed by atoms with Gasteiger partial charge in [-0.05, 0) is 45.4 Å². The number of unbranched alkanes of at least 4 members (excludes halogenated alkanes) is 5. The normalized spacial score (nSPS) is 20.9. The molecule has 1 aliphatic heterocycles. The lowest BCUT2D eigenvalue weighted by Gasteiger charge is -2.23. The molecule has 0 bridgehead atoms. The van der Waals surface area contributed by atoms with Crippen molar-refractivity contribution in [2.24, 2.45) is 17.7 Å². The number of Topliss-reactive ketones (excluding diaryl/α,β-unsaturated/α-hetero) is 2. The molecule has 3 atom stereocenters. The topological polar surface area (TPSA) is 101 Å². The first-order valence-corrected chi connectivity index (χ1v) is 12.1. The van der Waals surface area contributed by atoms with E-state index in [4.69, 9.17) is 5.21 Å². The summed E-state index contributed by atoms with van der Waals surface area (Å²) in [4.78, 5) is 36.2. The number of rotatable bonds is 10. The van der Waals surface area contributed by atoms with Crippen LogP contribution < -0.4 is 5.90 Å². The Kier molecular flexibility index (Phi) is 21.6. The lowest BCUT2D eigenvalue weighted by atomic mass is 10.1. The van der Waals surface area contributed by atoms with Crippen molar-refractivity contribution in [3.05, 3.63) is 12.4 Å². The van der Waals surface area contributed by atoms with Crippen molar-refractivity contribution in [1.29, 1.82) is 0 Å². The van der Waals surface area contributed by atoms with Crippen LogP contribution in [0.4, 0.5) is 4.39 Å². The molecule has 3 unspecified atom stereocenters. The van der Waals surface area contributed by atoms with Crippen molar-refractivity contribution in [2.75, 3.05) is 6.54 Å². The number of nitrogens with two attached hydrogens (primary N) is 1. The monoisotopic (exact) mass is 458 g/mol. The average molecular weight is 459 g/mol. The highest BCUT2D eigenvalue weighted by molar-refractivity contribution is 5.89. The fourth-order valence-electron chi connectivity index (χ4n) is 3.72. The van der Waals surface area contributed by atoms with Gasteiger partial charge in [0.15, 0.2) is 5.78 Å². The molecule has 0 radical (unpaired) electrons. The van der Waals surface area contributed by atoms with Gasteiger partial charge in [0, 0.05) is 25.3 Å². The van der Waals surface area contributed by atoms with Crippen molar-refractivity contribution in [3.63, 3.8) is 0 Å². The molecule has 0 aromatic rings. The number of allylic oxidation sites excluding steroid dienone is 1. The minimum absolute atomic E-state index is 0.113. The zero-order chi connectivity index (χ0) is 24.9. The Morgan fingerprint density at radius 1 is 1.09 bits per heavy atom. The third-order valence-electron chi connectivity index (χ3n) is 5.80. The summed E-state index contributed by atoms with van der Waals surface area (Å²) in [7, 11) is 0. The molecule has 7 heteroatoms. The molecule has 0 spiro atoms. The molecule has 3 N–H and O–H groups in total. The molecule has 1 heterocycles. The van der Waals surface area contributed by atoms with Gasteiger partial charge in [0.2, 0.25) is 5.91 Å². The van der Waals surface area contributed by atoms with Gasteiger partial charge in [0.05, 0.1) is 12.4 Å². The number of amides is 1. The van der Waals surface area contributed by atoms with Crippen LogP contribution in [0.1, 0.15) is 105 Å². The summed E-state index contributed by atoms with van der Waals surface area (Å²) in [5.41, 5.74) is 0. The van der Waals surface area contributed by atoms with E-state index in [1.165, 1.54) is 31.8 Å². The van der Waals surface area contributed by atoms with Crippen LogP contribution in [0, 0.1) is 11.8 Å². The first kappa shape index (κ1) is 32.6. The number of carbonyl (C=O) groups is 3. The van der Waals surface area contributed by atoms with Crippen LogP contribution in [-0.4, -0.2) is 40.2 Å². The zero-order valence-corrected chi connectivity index (χ0v) is 20.9. The van der Waals surface area contributed by atoms with Crippen molar-refractivity contribution in [1.82, 2.24) is 4.90 Å². The lowest BCUT2D eigenvalue weighted by molar-refractivity contribution is -0.137. The van der Waals surface area contributed by atoms with Gasteiger partial charge in [-0.3, -0.25) is 14.4 Å². The van der Waals surface area contributed by atoms with Crippen molar-refractivity contribution >= 4 is 17.5 Å². The predicted molar refractivity (Wildman–Crippen MR) is 128 cm³/mol. The maximum Gasteiger partial charge on any atom is 0.223 e. The molecule has 0 aromatic carbocycles. The second kappa shape index (κ2) is 21.3. The van der Waals surface area contributed by atoms with Crippen LogP contribution >= 0.6 is 0 Å². The molecule has 1 amide bonds. The second-order valence-corrected chi connectivity index (χ2v) is 8.47. The highest BCUT2D eigenvalue weighted by atomic mass is 19.1. The van der Waals surface area contributed by atoms with Gasteiger partial charge in [0.25, 0.3) is 0 Å². The Morgan fingerprint density at radius 2 is 1.62 bits per heavy atom. The number of carbonyl (C=O) groups excluding carboxylic acids is 3. The average Bonchev–Trinajstić information content (AvgIpc) is 3.35. The van der Waals surface area contributed by atoms with Gasteiger partial charge in [0.1, 0.15) is 5.78 Å². The number of likely N-dealkylation sites (tertiary alicyclic amines) is 1. The van der Waals surface area contributed by atoms with Crippen LogP contribution in [-0.2, 0) is 14.4 Å². The van der Waals surface area contributed by atoms with Gasteiger partial charge >= 0.3 is 0 Å². The summed E-state index contributed by atoms with van der Waals surface area (Å²) in [6.07, 6.45) is 13.2. The largest absolute Gasteiger partial charge is 0.333 e. The summed E-state index contributed by atoms with van der Waals surface area (Å²) in [6, 6.07) is -0.113. The van der Waals surface area contributed by atoms with Gasteiger partial charge < -0.3 is 10.1 Å². The van der Waals surface area contributed by atoms with E-state index in [0.717, 1.165) is 38.6 Å². The van der Waals surface area contributed by atoms with Gasteiger partial charge in [-0.1, -0.05) is 59.0 Å². The summed E-state index contributed by atoms with van der Waals surface area (Å²) < 4.78 is 10.5. The Morgan fingerprint density at radius 3 is 2.03 bits per heavy atom. The Labute approximate surface area is 194 Å². The molecule has 2 rings (SSSR count). The van der Waals surface area contributed by atoms with Crippen LogP contribution in [0.5, 0.6) is 0 Å². The number of halogens is 1. The van der Waals surface area contributed by atoms with Gasteiger partial charge in [-0.15, -0.1) is 0 Å². The lowest BCUT2D eigenvalue weighted by Crippen LogP contribution is -2.40. The van der Waals surface area contributed by atoms with Crippen LogP contribution in [0.2, 0.25) is 0 Å². The summed E-state index contributed by atoms with van der Waals surface area (Å²) in [5, 5.41) is 6.50. The number of ketones is 2. The summed E-state index contributed by atoms with van der Waals surface area (Å²) in [6.45, 7) is 10.3. The van der Waals surface area contributed by atoms with E-state index in [0.29, 0.717) is 36.8 Å². The molecular weight excluding hydrogens is 411 g/mol. The molecule has 1 aliphatic carbocycles. The summed E-state index contributed by atoms with van der Waals surface area (Å²) in [5.74, 6) is 5.42. The molecule has 2 fully saturated rings. The maximum atomic E-state index is 12.1. The number of hydrogen-bond acceptors (Lipinski definition) is 5. The van der Waals surface area contributed by atoms with E-state index >= 15 is 0 Å². The van der Waals surface area contributed by atoms with E-state index < -0.39 is 0 Å². The Bertz CT molecular complexity index is 536. The quantitative estimate of drug-likeness (QED) is 0.320. The maximum absolute atomic E-state index is 12.1. The molecule has 1 saturated heterocycles. The first-order chi connectivity index (χ1) is 15.3. The third-order valence-corrected chi connectivity index (χ3v) is 5.80. The molecule has 6 nitrogen and oxygen atoms in total. The third kappa shape index (κ3) is 15.2. The zero-order valence-electron chi connectivity index (χ0n) is 20.9. The highest BCUT2D eigenvalue weighted by Crippen LogP contribution is 2.37. The Balaban J connectivity index is 0. The van der Waals surface area contributed by atoms with E-state index in [1.54, 1.807) is 13.8 Å². The predicted octanol–water partition coefficient (Wildman–Crippen LogP) is 5.76. The highest BCUT2D eigenvalue weighted by Gasteiger charge is 2.36. The summed E-state index contributed by atoms with van der Waals surface area (Å²) >= 11 is 0. The SMILES string of the molecule is C/C=C\F.CC(=O)C1CC1C.CCCCCCCCC(=O)N1CCCC1C(=O)CC.NO. The Hall–Kier alpha value is -1.60. The standard InChI is InChI=1S/C16H29NO2.C6H10O.C3H5F.H3NO/c1-3-5-6-7-8-9-12-16(19)17-13-10-11-14(17)15(18)4-2;1-4-3-6(4)5(2)7;1-2-3-4;1-2/h14H,3-13H2,1-2H3;4,6H,3H2,1-2H3;2-3H,1H3;2H,1H2/b;;3-2-;. The molecule has 2 aliphatic rings. The number of hydrogen-bond donors (Lipinski definition) is 2. The van der Waals surface area contributed by atoms with E-state index in [1.807, 2.05) is 11.8 Å². The van der Waals surface area contributed by atoms with E-state index in [-0.39, 0.29) is 17.7 Å². The van der Waals surface area contributed by atoms with Crippen molar-refractivity contribution in [2.45, 2.75) is 111 Å². The first-order valence-electron chi connectivity index (χ1n) is 12.1. The van der Waals surface area contributed by atoms with Crippen LogP contribution in [0.25, 0.3) is 0 Å². The second-order valence-electron chi connectivity index (χ2n) is 8.47. The smallest absolute Gasteiger partial charge is 0.223 e.